The van der Waals surface area contributed by atoms with Crippen LogP contribution in [0.5, 0.6) is 11.5 Å². The molecule has 1 heterocycles. The second-order valence-corrected chi connectivity index (χ2v) is 5.77. The van der Waals surface area contributed by atoms with Gasteiger partial charge in [-0.2, -0.15) is 0 Å². The van der Waals surface area contributed by atoms with E-state index in [0.717, 1.165) is 4.47 Å². The number of rotatable bonds is 4. The summed E-state index contributed by atoms with van der Waals surface area (Å²) in [6.45, 7) is 0. The summed E-state index contributed by atoms with van der Waals surface area (Å²) in [5, 5.41) is 10.6. The number of hydrogen-bond acceptors (Lipinski definition) is 4. The van der Waals surface area contributed by atoms with Gasteiger partial charge in [0.15, 0.2) is 0 Å². The Morgan fingerprint density at radius 2 is 1.75 bits per heavy atom. The molecule has 0 saturated carbocycles. The highest BCUT2D eigenvalue weighted by molar-refractivity contribution is 9.11. The molecule has 1 unspecified atom stereocenters. The van der Waals surface area contributed by atoms with Gasteiger partial charge in [0.25, 0.3) is 0 Å². The predicted octanol–water partition coefficient (Wildman–Crippen LogP) is 3.71. The summed E-state index contributed by atoms with van der Waals surface area (Å²) in [7, 11) is 3.10. The van der Waals surface area contributed by atoms with Gasteiger partial charge < -0.3 is 14.6 Å². The van der Waals surface area contributed by atoms with Crippen LogP contribution in [-0.2, 0) is 0 Å². The zero-order chi connectivity index (χ0) is 14.7. The van der Waals surface area contributed by atoms with Gasteiger partial charge in [-0.25, -0.2) is 0 Å². The Labute approximate surface area is 134 Å². The molecule has 1 aromatic heterocycles. The van der Waals surface area contributed by atoms with Crippen LogP contribution in [0.1, 0.15) is 17.4 Å². The van der Waals surface area contributed by atoms with E-state index in [9.17, 15) is 5.11 Å². The minimum Gasteiger partial charge on any atom is -0.496 e. The molecule has 0 saturated heterocycles. The number of aliphatic hydroxyl groups excluding tert-OH is 1. The molecule has 2 aromatic rings. The van der Waals surface area contributed by atoms with Crippen LogP contribution in [0.4, 0.5) is 0 Å². The SMILES string of the molecule is COc1cccc(OC)c1C(O)c1ncc(Br)cc1Br. The molecule has 1 aromatic carbocycles. The largest absolute Gasteiger partial charge is 0.496 e. The van der Waals surface area contributed by atoms with Crippen molar-refractivity contribution in [3.8, 4) is 11.5 Å². The average Bonchev–Trinajstić information content (AvgIpc) is 2.45. The molecule has 0 aliphatic rings. The molecule has 0 aliphatic carbocycles. The van der Waals surface area contributed by atoms with E-state index in [1.807, 2.05) is 6.07 Å². The Bertz CT molecular complexity index is 597. The molecule has 0 spiro atoms. The number of pyridine rings is 1. The van der Waals surface area contributed by atoms with Gasteiger partial charge in [0, 0.05) is 15.1 Å². The summed E-state index contributed by atoms with van der Waals surface area (Å²) < 4.78 is 12.1. The summed E-state index contributed by atoms with van der Waals surface area (Å²) in [4.78, 5) is 4.25. The molecule has 1 N–H and O–H groups in total. The molecule has 0 fully saturated rings. The highest BCUT2D eigenvalue weighted by Gasteiger charge is 2.23. The third kappa shape index (κ3) is 2.97. The normalized spacial score (nSPS) is 12.1. The van der Waals surface area contributed by atoms with Gasteiger partial charge in [0.2, 0.25) is 0 Å². The number of benzene rings is 1. The van der Waals surface area contributed by atoms with Crippen LogP contribution in [0.3, 0.4) is 0 Å². The summed E-state index contributed by atoms with van der Waals surface area (Å²) in [5.41, 5.74) is 1.05. The lowest BCUT2D eigenvalue weighted by molar-refractivity contribution is 0.203. The van der Waals surface area contributed by atoms with Crippen molar-refractivity contribution in [1.82, 2.24) is 4.98 Å². The Morgan fingerprint density at radius 3 is 2.25 bits per heavy atom. The van der Waals surface area contributed by atoms with Crippen molar-refractivity contribution in [3.05, 3.63) is 50.7 Å². The van der Waals surface area contributed by atoms with Crippen LogP contribution in [0.2, 0.25) is 0 Å². The Hall–Kier alpha value is -1.11. The van der Waals surface area contributed by atoms with Gasteiger partial charge in [-0.3, -0.25) is 4.98 Å². The van der Waals surface area contributed by atoms with Gasteiger partial charge in [-0.15, -0.1) is 0 Å². The van der Waals surface area contributed by atoms with E-state index in [-0.39, 0.29) is 0 Å². The lowest BCUT2D eigenvalue weighted by Crippen LogP contribution is -2.07. The summed E-state index contributed by atoms with van der Waals surface area (Å²) >= 11 is 6.74. The first kappa shape index (κ1) is 15.3. The molecule has 2 rings (SSSR count). The molecule has 20 heavy (non-hydrogen) atoms. The van der Waals surface area contributed by atoms with Gasteiger partial charge >= 0.3 is 0 Å². The van der Waals surface area contributed by atoms with Crippen molar-refractivity contribution >= 4 is 31.9 Å². The maximum atomic E-state index is 10.6. The first-order chi connectivity index (χ1) is 9.58. The van der Waals surface area contributed by atoms with Gasteiger partial charge in [-0.1, -0.05) is 6.07 Å². The highest BCUT2D eigenvalue weighted by Crippen LogP contribution is 2.38. The second-order valence-electron chi connectivity index (χ2n) is 4.00. The number of aliphatic hydroxyl groups is 1. The quantitative estimate of drug-likeness (QED) is 0.846. The molecular weight excluding hydrogens is 390 g/mol. The van der Waals surface area contributed by atoms with Crippen molar-refractivity contribution in [1.29, 1.82) is 0 Å². The Balaban J connectivity index is 2.55. The number of aromatic nitrogens is 1. The van der Waals surface area contributed by atoms with Crippen molar-refractivity contribution < 1.29 is 14.6 Å². The third-order valence-corrected chi connectivity index (χ3v) is 3.90. The fourth-order valence-electron chi connectivity index (χ4n) is 1.91. The summed E-state index contributed by atoms with van der Waals surface area (Å²) in [5.74, 6) is 1.10. The summed E-state index contributed by atoms with van der Waals surface area (Å²) in [6.07, 6.45) is 0.675. The van der Waals surface area contributed by atoms with E-state index >= 15 is 0 Å². The number of nitrogens with zero attached hydrogens (tertiary/aromatic N) is 1. The Morgan fingerprint density at radius 1 is 1.15 bits per heavy atom. The van der Waals surface area contributed by atoms with Crippen molar-refractivity contribution in [2.75, 3.05) is 14.2 Å². The lowest BCUT2D eigenvalue weighted by atomic mass is 10.0. The van der Waals surface area contributed by atoms with Crippen molar-refractivity contribution in [2.24, 2.45) is 0 Å². The van der Waals surface area contributed by atoms with Crippen LogP contribution < -0.4 is 9.47 Å². The first-order valence-electron chi connectivity index (χ1n) is 5.78. The minimum atomic E-state index is -0.955. The van der Waals surface area contributed by atoms with Crippen molar-refractivity contribution in [3.63, 3.8) is 0 Å². The molecule has 0 bridgehead atoms. The van der Waals surface area contributed by atoms with E-state index < -0.39 is 6.10 Å². The van der Waals surface area contributed by atoms with Crippen LogP contribution in [0.25, 0.3) is 0 Å². The number of hydrogen-bond donors (Lipinski definition) is 1. The molecule has 0 amide bonds. The third-order valence-electron chi connectivity index (χ3n) is 2.83. The van der Waals surface area contributed by atoms with E-state index in [4.69, 9.17) is 9.47 Å². The summed E-state index contributed by atoms with van der Waals surface area (Å²) in [6, 6.07) is 7.17. The molecule has 0 aliphatic heterocycles. The highest BCUT2D eigenvalue weighted by atomic mass is 79.9. The standard InChI is InChI=1S/C14H13Br2NO3/c1-19-10-4-3-5-11(20-2)12(10)14(18)13-9(16)6-8(15)7-17-13/h3-7,14,18H,1-2H3. The maximum Gasteiger partial charge on any atom is 0.129 e. The van der Waals surface area contributed by atoms with E-state index in [1.54, 1.807) is 38.6 Å². The fraction of sp³-hybridized carbons (Fsp3) is 0.214. The fourth-order valence-corrected chi connectivity index (χ4v) is 3.12. The van der Waals surface area contributed by atoms with E-state index in [2.05, 4.69) is 36.8 Å². The topological polar surface area (TPSA) is 51.6 Å². The molecule has 0 radical (unpaired) electrons. The van der Waals surface area contributed by atoms with E-state index in [1.165, 1.54) is 0 Å². The molecule has 106 valence electrons. The molecular formula is C14H13Br2NO3. The average molecular weight is 403 g/mol. The first-order valence-corrected chi connectivity index (χ1v) is 7.37. The smallest absolute Gasteiger partial charge is 0.129 e. The van der Waals surface area contributed by atoms with Gasteiger partial charge in [-0.05, 0) is 50.1 Å². The van der Waals surface area contributed by atoms with Gasteiger partial charge in [0.05, 0.1) is 25.5 Å². The predicted molar refractivity (Wildman–Crippen MR) is 83.2 cm³/mol. The maximum absolute atomic E-state index is 10.6. The number of halogens is 2. The van der Waals surface area contributed by atoms with Crippen LogP contribution >= 0.6 is 31.9 Å². The second kappa shape index (κ2) is 6.56. The van der Waals surface area contributed by atoms with Crippen LogP contribution in [0, 0.1) is 0 Å². The van der Waals surface area contributed by atoms with Crippen molar-refractivity contribution in [2.45, 2.75) is 6.10 Å². The van der Waals surface area contributed by atoms with Gasteiger partial charge in [0.1, 0.15) is 17.6 Å². The van der Waals surface area contributed by atoms with Crippen LogP contribution in [-0.4, -0.2) is 24.3 Å². The number of ether oxygens (including phenoxy) is 2. The molecule has 4 nitrogen and oxygen atoms in total. The zero-order valence-electron chi connectivity index (χ0n) is 10.9. The minimum absolute atomic E-state index is 0.496. The zero-order valence-corrected chi connectivity index (χ0v) is 14.1. The Kier molecular flexibility index (Phi) is 5.01. The molecule has 1 atom stereocenters. The number of methoxy groups -OCH3 is 2. The van der Waals surface area contributed by atoms with E-state index in [0.29, 0.717) is 27.2 Å². The lowest BCUT2D eigenvalue weighted by Gasteiger charge is -2.18. The monoisotopic (exact) mass is 401 g/mol. The molecule has 6 heteroatoms. The van der Waals surface area contributed by atoms with Crippen LogP contribution in [0.15, 0.2) is 39.4 Å².